The van der Waals surface area contributed by atoms with E-state index in [-0.39, 0.29) is 11.9 Å². The number of carbonyl (C=O) groups is 1. The molecule has 7 nitrogen and oxygen atoms in total. The molecule has 3 aromatic rings. The maximum atomic E-state index is 13.0. The minimum atomic E-state index is -0.383. The van der Waals surface area contributed by atoms with Crippen LogP contribution in [-0.4, -0.2) is 40.8 Å². The molecule has 1 fully saturated rings. The van der Waals surface area contributed by atoms with Crippen LogP contribution in [0.25, 0.3) is 11.0 Å². The Kier molecular flexibility index (Phi) is 3.34. The van der Waals surface area contributed by atoms with E-state index in [1.807, 2.05) is 24.3 Å². The summed E-state index contributed by atoms with van der Waals surface area (Å²) in [5, 5.41) is 8.67. The number of aryl methyl sites for hydroxylation is 1. The van der Waals surface area contributed by atoms with Gasteiger partial charge in [-0.2, -0.15) is 0 Å². The molecule has 4 rings (SSSR count). The highest BCUT2D eigenvalue weighted by Gasteiger charge is 2.34. The van der Waals surface area contributed by atoms with Crippen molar-refractivity contribution in [2.75, 3.05) is 19.8 Å². The van der Waals surface area contributed by atoms with E-state index in [1.165, 1.54) is 6.26 Å². The monoisotopic (exact) mass is 313 g/mol. The number of aromatic nitrogens is 2. The number of furan rings is 1. The highest BCUT2D eigenvalue weighted by Crippen LogP contribution is 2.28. The van der Waals surface area contributed by atoms with Gasteiger partial charge >= 0.3 is 0 Å². The zero-order chi connectivity index (χ0) is 15.8. The molecule has 0 aliphatic carbocycles. The Labute approximate surface area is 131 Å². The first-order valence-corrected chi connectivity index (χ1v) is 7.39. The van der Waals surface area contributed by atoms with Gasteiger partial charge in [-0.3, -0.25) is 4.79 Å². The summed E-state index contributed by atoms with van der Waals surface area (Å²) in [5.74, 6) is 0.731. The summed E-state index contributed by atoms with van der Waals surface area (Å²) in [4.78, 5) is 14.7. The second-order valence-corrected chi connectivity index (χ2v) is 5.39. The number of ether oxygens (including phenoxy) is 1. The van der Waals surface area contributed by atoms with Gasteiger partial charge in [0.15, 0.2) is 0 Å². The first-order valence-electron chi connectivity index (χ1n) is 7.39. The molecule has 7 heteroatoms. The summed E-state index contributed by atoms with van der Waals surface area (Å²) in [5.41, 5.74) is 1.22. The number of hydrogen-bond donors (Lipinski definition) is 0. The zero-order valence-electron chi connectivity index (χ0n) is 12.6. The van der Waals surface area contributed by atoms with E-state index in [9.17, 15) is 4.79 Å². The number of nitrogens with zero attached hydrogens (tertiary/aromatic N) is 3. The van der Waals surface area contributed by atoms with Crippen molar-refractivity contribution in [2.24, 2.45) is 0 Å². The van der Waals surface area contributed by atoms with Crippen molar-refractivity contribution in [1.29, 1.82) is 0 Å². The summed E-state index contributed by atoms with van der Waals surface area (Å²) in [6.45, 7) is 2.99. The molecule has 3 heterocycles. The molecule has 0 saturated carbocycles. The quantitative estimate of drug-likeness (QED) is 0.722. The largest absolute Gasteiger partial charge is 0.463 e. The van der Waals surface area contributed by atoms with Crippen molar-refractivity contribution in [1.82, 2.24) is 15.1 Å². The summed E-state index contributed by atoms with van der Waals surface area (Å²) >= 11 is 0. The third kappa shape index (κ3) is 2.39. The molecule has 0 bridgehead atoms. The predicted molar refractivity (Wildman–Crippen MR) is 79.8 cm³/mol. The standard InChI is InChI=1S/C16H15N3O4/c1-10-17-18-15(23-10)13-9-21-7-6-19(13)16(20)12-8-22-14-5-3-2-4-11(12)14/h2-5,8,13H,6-7,9H2,1H3. The summed E-state index contributed by atoms with van der Waals surface area (Å²) in [6.07, 6.45) is 1.50. The van der Waals surface area contributed by atoms with E-state index in [4.69, 9.17) is 13.6 Å². The lowest BCUT2D eigenvalue weighted by molar-refractivity contribution is -0.0106. The lowest BCUT2D eigenvalue weighted by atomic mass is 10.1. The average molecular weight is 313 g/mol. The van der Waals surface area contributed by atoms with Gasteiger partial charge in [0.2, 0.25) is 11.8 Å². The predicted octanol–water partition coefficient (Wildman–Crippen LogP) is 2.34. The normalized spacial score (nSPS) is 18.5. The second-order valence-electron chi connectivity index (χ2n) is 5.39. The number of morpholine rings is 1. The molecule has 1 aliphatic rings. The first kappa shape index (κ1) is 14.0. The fraction of sp³-hybridized carbons (Fsp3) is 0.312. The Morgan fingerprint density at radius 1 is 1.30 bits per heavy atom. The van der Waals surface area contributed by atoms with E-state index < -0.39 is 0 Å². The van der Waals surface area contributed by atoms with Crippen LogP contribution < -0.4 is 0 Å². The Morgan fingerprint density at radius 2 is 2.17 bits per heavy atom. The van der Waals surface area contributed by atoms with Crippen LogP contribution in [0.2, 0.25) is 0 Å². The number of benzene rings is 1. The average Bonchev–Trinajstić information content (AvgIpc) is 3.20. The van der Waals surface area contributed by atoms with E-state index >= 15 is 0 Å². The molecular formula is C16H15N3O4. The van der Waals surface area contributed by atoms with E-state index in [1.54, 1.807) is 11.8 Å². The Morgan fingerprint density at radius 3 is 3.00 bits per heavy atom. The molecule has 1 amide bonds. The highest BCUT2D eigenvalue weighted by atomic mass is 16.5. The maximum absolute atomic E-state index is 13.0. The van der Waals surface area contributed by atoms with Crippen molar-refractivity contribution in [3.63, 3.8) is 0 Å². The van der Waals surface area contributed by atoms with Gasteiger partial charge in [0.1, 0.15) is 17.9 Å². The van der Waals surface area contributed by atoms with Crippen LogP contribution in [0.5, 0.6) is 0 Å². The lowest BCUT2D eigenvalue weighted by Crippen LogP contribution is -2.43. The second kappa shape index (κ2) is 5.51. The molecular weight excluding hydrogens is 298 g/mol. The fourth-order valence-electron chi connectivity index (χ4n) is 2.80. The zero-order valence-corrected chi connectivity index (χ0v) is 12.6. The van der Waals surface area contributed by atoms with Crippen molar-refractivity contribution < 1.29 is 18.4 Å². The highest BCUT2D eigenvalue weighted by molar-refractivity contribution is 6.06. The summed E-state index contributed by atoms with van der Waals surface area (Å²) < 4.78 is 16.5. The summed E-state index contributed by atoms with van der Waals surface area (Å²) in [7, 11) is 0. The van der Waals surface area contributed by atoms with Crippen LogP contribution in [0.1, 0.15) is 28.2 Å². The smallest absolute Gasteiger partial charge is 0.258 e. The van der Waals surface area contributed by atoms with Gasteiger partial charge in [-0.05, 0) is 6.07 Å². The number of rotatable bonds is 2. The van der Waals surface area contributed by atoms with Crippen molar-refractivity contribution in [2.45, 2.75) is 13.0 Å². The van der Waals surface area contributed by atoms with Gasteiger partial charge < -0.3 is 18.5 Å². The van der Waals surface area contributed by atoms with Crippen LogP contribution in [0.15, 0.2) is 39.4 Å². The van der Waals surface area contributed by atoms with Crippen LogP contribution in [0.4, 0.5) is 0 Å². The van der Waals surface area contributed by atoms with Crippen molar-refractivity contribution in [3.05, 3.63) is 47.9 Å². The number of para-hydroxylation sites is 1. The van der Waals surface area contributed by atoms with Crippen LogP contribution >= 0.6 is 0 Å². The Bertz CT molecular complexity index is 854. The lowest BCUT2D eigenvalue weighted by Gasteiger charge is -2.33. The minimum absolute atomic E-state index is 0.126. The number of hydrogen-bond acceptors (Lipinski definition) is 6. The maximum Gasteiger partial charge on any atom is 0.258 e. The van der Waals surface area contributed by atoms with E-state index in [0.29, 0.717) is 42.7 Å². The molecule has 1 saturated heterocycles. The topological polar surface area (TPSA) is 81.6 Å². The van der Waals surface area contributed by atoms with Crippen molar-refractivity contribution in [3.8, 4) is 0 Å². The van der Waals surface area contributed by atoms with Gasteiger partial charge in [0.05, 0.1) is 18.8 Å². The number of carbonyl (C=O) groups excluding carboxylic acids is 1. The van der Waals surface area contributed by atoms with Gasteiger partial charge in [0, 0.05) is 18.9 Å². The first-order chi connectivity index (χ1) is 11.2. The molecule has 1 unspecified atom stereocenters. The van der Waals surface area contributed by atoms with Gasteiger partial charge in [-0.25, -0.2) is 0 Å². The van der Waals surface area contributed by atoms with Gasteiger partial charge in [-0.1, -0.05) is 18.2 Å². The third-order valence-corrected chi connectivity index (χ3v) is 3.93. The fourth-order valence-corrected chi connectivity index (χ4v) is 2.80. The number of fused-ring (bicyclic) bond motifs is 1. The van der Waals surface area contributed by atoms with E-state index in [2.05, 4.69) is 10.2 Å². The van der Waals surface area contributed by atoms with Crippen LogP contribution in [-0.2, 0) is 4.74 Å². The van der Waals surface area contributed by atoms with Gasteiger partial charge in [0.25, 0.3) is 5.91 Å². The summed E-state index contributed by atoms with van der Waals surface area (Å²) in [6, 6.07) is 7.08. The molecule has 1 aliphatic heterocycles. The Hall–Kier alpha value is -2.67. The third-order valence-electron chi connectivity index (χ3n) is 3.93. The minimum Gasteiger partial charge on any atom is -0.463 e. The van der Waals surface area contributed by atoms with Crippen molar-refractivity contribution >= 4 is 16.9 Å². The molecule has 23 heavy (non-hydrogen) atoms. The number of amides is 1. The SMILES string of the molecule is Cc1nnc(C2COCCN2C(=O)c2coc3ccccc23)o1. The molecule has 0 spiro atoms. The molecule has 1 atom stereocenters. The van der Waals surface area contributed by atoms with Crippen LogP contribution in [0.3, 0.4) is 0 Å². The van der Waals surface area contributed by atoms with E-state index in [0.717, 1.165) is 5.39 Å². The van der Waals surface area contributed by atoms with Gasteiger partial charge in [-0.15, -0.1) is 10.2 Å². The molecule has 118 valence electrons. The molecule has 0 N–H and O–H groups in total. The van der Waals surface area contributed by atoms with Crippen LogP contribution in [0, 0.1) is 6.92 Å². The molecule has 1 aromatic carbocycles. The Balaban J connectivity index is 1.70. The molecule has 2 aromatic heterocycles. The molecule has 0 radical (unpaired) electrons.